The van der Waals surface area contributed by atoms with Crippen LogP contribution in [0.15, 0.2) is 18.5 Å². The number of nitrogens with one attached hydrogen (secondary N) is 2. The molecule has 2 amide bonds. The van der Waals surface area contributed by atoms with Crippen molar-refractivity contribution in [1.82, 2.24) is 20.2 Å². The number of hydrogen-bond donors (Lipinski definition) is 2. The predicted octanol–water partition coefficient (Wildman–Crippen LogP) is 3.74. The second-order valence-corrected chi connectivity index (χ2v) is 9.98. The fourth-order valence-electron chi connectivity index (χ4n) is 3.93. The number of ether oxygens (including phenoxy) is 2. The van der Waals surface area contributed by atoms with Gasteiger partial charge in [0.25, 0.3) is 5.91 Å². The molecular weight excluding hydrogens is 511 g/mol. The fourth-order valence-corrected chi connectivity index (χ4v) is 4.92. The van der Waals surface area contributed by atoms with Crippen LogP contribution in [0.1, 0.15) is 50.2 Å². The van der Waals surface area contributed by atoms with Crippen molar-refractivity contribution in [3.8, 4) is 17.0 Å². The molecular formula is C22H27IN4O4. The fraction of sp³-hybridized carbons (Fsp3) is 0.500. The van der Waals surface area contributed by atoms with Crippen LogP contribution in [0.4, 0.5) is 4.79 Å². The van der Waals surface area contributed by atoms with Crippen LogP contribution in [-0.2, 0) is 11.2 Å². The summed E-state index contributed by atoms with van der Waals surface area (Å²) in [5.74, 6) is 0.559. The molecule has 2 aromatic rings. The Kier molecular flexibility index (Phi) is 5.89. The first-order chi connectivity index (χ1) is 14.7. The van der Waals surface area contributed by atoms with Gasteiger partial charge in [0.2, 0.25) is 0 Å². The summed E-state index contributed by atoms with van der Waals surface area (Å²) < 4.78 is 12.7. The van der Waals surface area contributed by atoms with Crippen molar-refractivity contribution in [2.45, 2.75) is 58.3 Å². The molecule has 31 heavy (non-hydrogen) atoms. The highest BCUT2D eigenvalue weighted by molar-refractivity contribution is 14.1. The van der Waals surface area contributed by atoms with Crippen LogP contribution in [0.5, 0.6) is 5.75 Å². The van der Waals surface area contributed by atoms with Gasteiger partial charge in [-0.15, -0.1) is 0 Å². The molecule has 2 aliphatic rings. The van der Waals surface area contributed by atoms with Gasteiger partial charge in [-0.2, -0.15) is 0 Å². The Morgan fingerprint density at radius 1 is 1.39 bits per heavy atom. The Morgan fingerprint density at radius 2 is 2.16 bits per heavy atom. The van der Waals surface area contributed by atoms with Crippen LogP contribution in [0.2, 0.25) is 0 Å². The van der Waals surface area contributed by atoms with Gasteiger partial charge in [-0.25, -0.2) is 4.79 Å². The van der Waals surface area contributed by atoms with Gasteiger partial charge >= 0.3 is 6.09 Å². The third kappa shape index (κ3) is 4.37. The van der Waals surface area contributed by atoms with Gasteiger partial charge in [-0.3, -0.25) is 9.78 Å². The maximum atomic E-state index is 12.5. The van der Waals surface area contributed by atoms with Crippen LogP contribution in [0.3, 0.4) is 0 Å². The SMILES string of the molecule is C[C@@H](Oc1cnccc1-c1[nH]c2c(c1I)C(=O)NCC2)[C@H]1CCN1C(=O)OC(C)(C)C. The van der Waals surface area contributed by atoms with Gasteiger partial charge in [0, 0.05) is 37.0 Å². The molecule has 4 heterocycles. The number of halogens is 1. The second-order valence-electron chi connectivity index (χ2n) is 8.90. The van der Waals surface area contributed by atoms with Crippen LogP contribution < -0.4 is 10.1 Å². The lowest BCUT2D eigenvalue weighted by Crippen LogP contribution is -2.58. The Hall–Kier alpha value is -2.30. The second kappa shape index (κ2) is 8.33. The summed E-state index contributed by atoms with van der Waals surface area (Å²) in [4.78, 5) is 34.2. The van der Waals surface area contributed by atoms with Crippen LogP contribution in [0, 0.1) is 3.57 Å². The number of pyridine rings is 1. The molecule has 2 aliphatic heterocycles. The zero-order valence-electron chi connectivity index (χ0n) is 18.1. The minimum atomic E-state index is -0.534. The van der Waals surface area contributed by atoms with E-state index >= 15 is 0 Å². The summed E-state index contributed by atoms with van der Waals surface area (Å²) in [6.07, 6.45) is 4.45. The summed E-state index contributed by atoms with van der Waals surface area (Å²) in [6.45, 7) is 8.82. The summed E-state index contributed by atoms with van der Waals surface area (Å²) in [5, 5.41) is 2.90. The van der Waals surface area contributed by atoms with Gasteiger partial charge in [0.1, 0.15) is 17.5 Å². The highest BCUT2D eigenvalue weighted by Crippen LogP contribution is 2.37. The molecule has 2 atom stereocenters. The number of hydrogen-bond acceptors (Lipinski definition) is 5. The molecule has 0 unspecified atom stereocenters. The van der Waals surface area contributed by atoms with Crippen molar-refractivity contribution >= 4 is 34.6 Å². The molecule has 0 spiro atoms. The molecule has 0 saturated carbocycles. The van der Waals surface area contributed by atoms with E-state index in [0.717, 1.165) is 33.4 Å². The number of H-pyrrole nitrogens is 1. The number of carbonyl (C=O) groups excluding carboxylic acids is 2. The third-order valence-electron chi connectivity index (χ3n) is 5.51. The number of nitrogens with zero attached hydrogens (tertiary/aromatic N) is 2. The van der Waals surface area contributed by atoms with Crippen LogP contribution in [0.25, 0.3) is 11.3 Å². The topological polar surface area (TPSA) is 96.5 Å². The van der Waals surface area contributed by atoms with E-state index in [1.54, 1.807) is 17.3 Å². The highest BCUT2D eigenvalue weighted by atomic mass is 127. The summed E-state index contributed by atoms with van der Waals surface area (Å²) in [6, 6.07) is 1.82. The first kappa shape index (κ1) is 21.9. The normalized spacial score (nSPS) is 19.2. The molecule has 2 N–H and O–H groups in total. The van der Waals surface area contributed by atoms with E-state index in [1.165, 1.54) is 0 Å². The maximum Gasteiger partial charge on any atom is 0.410 e. The van der Waals surface area contributed by atoms with E-state index in [-0.39, 0.29) is 24.1 Å². The van der Waals surface area contributed by atoms with E-state index < -0.39 is 5.60 Å². The number of fused-ring (bicyclic) bond motifs is 1. The van der Waals surface area contributed by atoms with E-state index in [0.29, 0.717) is 24.4 Å². The number of aromatic nitrogens is 2. The average Bonchev–Trinajstić information content (AvgIpc) is 2.97. The van der Waals surface area contributed by atoms with Crippen LogP contribution in [-0.4, -0.2) is 57.7 Å². The quantitative estimate of drug-likeness (QED) is 0.579. The number of carbonyl (C=O) groups is 2. The van der Waals surface area contributed by atoms with Crippen LogP contribution >= 0.6 is 22.6 Å². The van der Waals surface area contributed by atoms with E-state index in [1.807, 2.05) is 33.8 Å². The van der Waals surface area contributed by atoms with Crippen molar-refractivity contribution in [2.24, 2.45) is 0 Å². The number of amides is 2. The lowest BCUT2D eigenvalue weighted by Gasteiger charge is -2.44. The third-order valence-corrected chi connectivity index (χ3v) is 6.59. The van der Waals surface area contributed by atoms with Gasteiger partial charge in [-0.1, -0.05) is 0 Å². The zero-order chi connectivity index (χ0) is 22.3. The first-order valence-corrected chi connectivity index (χ1v) is 11.5. The average molecular weight is 538 g/mol. The Labute approximate surface area is 195 Å². The molecule has 1 fully saturated rings. The van der Waals surface area contributed by atoms with Crippen molar-refractivity contribution in [3.63, 3.8) is 0 Å². The standard InChI is InChI=1S/C22H27IN4O4/c1-12(15-7-10-27(15)21(29)31-22(2,3)4)30-16-11-24-8-5-13(16)19-18(23)17-14(26-19)6-9-25-20(17)28/h5,8,11-12,15,26H,6-7,9-10H2,1-4H3,(H,25,28)/t12-,15-/m1/s1. The monoisotopic (exact) mass is 538 g/mol. The molecule has 0 aliphatic carbocycles. The first-order valence-electron chi connectivity index (χ1n) is 10.4. The molecule has 9 heteroatoms. The van der Waals surface area contributed by atoms with Crippen molar-refractivity contribution in [2.75, 3.05) is 13.1 Å². The number of aromatic amines is 1. The molecule has 0 aromatic carbocycles. The molecule has 2 aromatic heterocycles. The minimum Gasteiger partial charge on any atom is -0.486 e. The van der Waals surface area contributed by atoms with E-state index in [4.69, 9.17) is 9.47 Å². The van der Waals surface area contributed by atoms with E-state index in [9.17, 15) is 9.59 Å². The number of likely N-dealkylation sites (tertiary alicyclic amines) is 1. The molecule has 1 saturated heterocycles. The smallest absolute Gasteiger partial charge is 0.410 e. The molecule has 8 nitrogen and oxygen atoms in total. The predicted molar refractivity (Wildman–Crippen MR) is 124 cm³/mol. The Morgan fingerprint density at radius 3 is 2.81 bits per heavy atom. The summed E-state index contributed by atoms with van der Waals surface area (Å²) >= 11 is 2.21. The Balaban J connectivity index is 1.55. The van der Waals surface area contributed by atoms with Crippen molar-refractivity contribution in [1.29, 1.82) is 0 Å². The summed E-state index contributed by atoms with van der Waals surface area (Å²) in [5.41, 5.74) is 2.80. The highest BCUT2D eigenvalue weighted by Gasteiger charge is 2.40. The maximum absolute atomic E-state index is 12.5. The van der Waals surface area contributed by atoms with Gasteiger partial charge < -0.3 is 24.7 Å². The summed E-state index contributed by atoms with van der Waals surface area (Å²) in [7, 11) is 0. The van der Waals surface area contributed by atoms with Gasteiger partial charge in [0.15, 0.2) is 0 Å². The molecule has 0 bridgehead atoms. The molecule has 166 valence electrons. The zero-order valence-corrected chi connectivity index (χ0v) is 20.3. The van der Waals surface area contributed by atoms with Crippen molar-refractivity contribution in [3.05, 3.63) is 33.3 Å². The molecule has 4 rings (SSSR count). The largest absolute Gasteiger partial charge is 0.486 e. The van der Waals surface area contributed by atoms with E-state index in [2.05, 4.69) is 37.9 Å². The van der Waals surface area contributed by atoms with Gasteiger partial charge in [0.05, 0.1) is 27.1 Å². The molecule has 0 radical (unpaired) electrons. The van der Waals surface area contributed by atoms with Crippen molar-refractivity contribution < 1.29 is 19.1 Å². The minimum absolute atomic E-state index is 0.0551. The lowest BCUT2D eigenvalue weighted by atomic mass is 9.98. The van der Waals surface area contributed by atoms with Gasteiger partial charge in [-0.05, 0) is 62.8 Å². The Bertz CT molecular complexity index is 1010. The number of rotatable bonds is 4. The lowest BCUT2D eigenvalue weighted by molar-refractivity contribution is -0.0300.